The number of hydrogen-bond acceptors (Lipinski definition) is 5. The fraction of sp³-hybridized carbons (Fsp3) is 0.933. The second kappa shape index (κ2) is 8.29. The van der Waals surface area contributed by atoms with Crippen molar-refractivity contribution in [3.8, 4) is 0 Å². The van der Waals surface area contributed by atoms with Crippen molar-refractivity contribution < 1.29 is 32.5 Å². The third kappa shape index (κ3) is 5.53. The molecule has 0 spiro atoms. The van der Waals surface area contributed by atoms with Crippen molar-refractivity contribution in [2.75, 3.05) is 26.4 Å². The molecule has 2 aliphatic rings. The molecule has 0 unspecified atom stereocenters. The Bertz CT molecular complexity index is 346. The molecule has 7 heteroatoms. The van der Waals surface area contributed by atoms with Gasteiger partial charge in [0.15, 0.2) is 5.78 Å². The Labute approximate surface area is 129 Å². The maximum absolute atomic E-state index is 12.7. The number of carbonyl (C=O) groups excluding carboxylic acids is 1. The summed E-state index contributed by atoms with van der Waals surface area (Å²) in [5, 5.41) is 0. The van der Waals surface area contributed by atoms with E-state index in [1.165, 1.54) is 12.8 Å². The SMILES string of the molecule is CCCCCC1COC(C(=O)CC2COC(F)(F)OC2)OC1. The van der Waals surface area contributed by atoms with Gasteiger partial charge in [-0.3, -0.25) is 14.3 Å². The van der Waals surface area contributed by atoms with E-state index in [9.17, 15) is 13.6 Å². The molecule has 0 aromatic rings. The van der Waals surface area contributed by atoms with Crippen LogP contribution in [-0.4, -0.2) is 44.8 Å². The predicted molar refractivity (Wildman–Crippen MR) is 73.3 cm³/mol. The molecule has 0 amide bonds. The van der Waals surface area contributed by atoms with Crippen LogP contribution in [0, 0.1) is 11.8 Å². The summed E-state index contributed by atoms with van der Waals surface area (Å²) in [4.78, 5) is 12.0. The molecule has 0 N–H and O–H groups in total. The fourth-order valence-corrected chi connectivity index (χ4v) is 2.60. The zero-order chi connectivity index (χ0) is 16.0. The average Bonchev–Trinajstić information content (AvgIpc) is 2.50. The van der Waals surface area contributed by atoms with Crippen LogP contribution in [0.3, 0.4) is 0 Å². The smallest absolute Gasteiger partial charge is 0.346 e. The standard InChI is InChI=1S/C15H24F2O5/c1-2-3-4-5-11-7-19-14(20-8-11)13(18)6-12-9-21-15(16,17)22-10-12/h11-12,14H,2-10H2,1H3. The monoisotopic (exact) mass is 322 g/mol. The maximum atomic E-state index is 12.7. The van der Waals surface area contributed by atoms with Crippen molar-refractivity contribution in [3.63, 3.8) is 0 Å². The largest absolute Gasteiger partial charge is 0.485 e. The van der Waals surface area contributed by atoms with E-state index in [1.807, 2.05) is 0 Å². The highest BCUT2D eigenvalue weighted by Gasteiger charge is 2.39. The van der Waals surface area contributed by atoms with Crippen molar-refractivity contribution in [1.82, 2.24) is 0 Å². The van der Waals surface area contributed by atoms with Crippen molar-refractivity contribution in [2.45, 2.75) is 51.6 Å². The number of ketones is 1. The van der Waals surface area contributed by atoms with Crippen molar-refractivity contribution in [2.24, 2.45) is 11.8 Å². The Morgan fingerprint density at radius 3 is 2.27 bits per heavy atom. The molecule has 0 radical (unpaired) electrons. The summed E-state index contributed by atoms with van der Waals surface area (Å²) in [7, 11) is 0. The van der Waals surface area contributed by atoms with E-state index in [2.05, 4.69) is 16.4 Å². The number of rotatable bonds is 7. The summed E-state index contributed by atoms with van der Waals surface area (Å²) < 4.78 is 44.7. The van der Waals surface area contributed by atoms with E-state index in [4.69, 9.17) is 9.47 Å². The van der Waals surface area contributed by atoms with E-state index in [-0.39, 0.29) is 31.3 Å². The number of alkyl halides is 2. The van der Waals surface area contributed by atoms with E-state index in [0.29, 0.717) is 19.1 Å². The van der Waals surface area contributed by atoms with Gasteiger partial charge in [-0.25, -0.2) is 0 Å². The lowest BCUT2D eigenvalue weighted by molar-refractivity contribution is -0.420. The molecule has 2 aliphatic heterocycles. The minimum atomic E-state index is -3.54. The fourth-order valence-electron chi connectivity index (χ4n) is 2.60. The number of hydrogen-bond donors (Lipinski definition) is 0. The summed E-state index contributed by atoms with van der Waals surface area (Å²) in [6.07, 6.45) is 0.159. The molecule has 5 nitrogen and oxygen atoms in total. The van der Waals surface area contributed by atoms with Crippen molar-refractivity contribution >= 4 is 5.78 Å². The lowest BCUT2D eigenvalue weighted by Crippen LogP contribution is -2.41. The van der Waals surface area contributed by atoms with Crippen LogP contribution in [0.1, 0.15) is 39.0 Å². The zero-order valence-electron chi connectivity index (χ0n) is 12.9. The van der Waals surface area contributed by atoms with E-state index in [1.54, 1.807) is 0 Å². The molecule has 0 aromatic carbocycles. The molecule has 0 aromatic heterocycles. The van der Waals surface area contributed by atoms with Gasteiger partial charge in [0, 0.05) is 18.3 Å². The van der Waals surface area contributed by atoms with Gasteiger partial charge in [0.05, 0.1) is 26.4 Å². The highest BCUT2D eigenvalue weighted by molar-refractivity contribution is 5.82. The molecule has 22 heavy (non-hydrogen) atoms. The molecule has 2 heterocycles. The highest BCUT2D eigenvalue weighted by atomic mass is 19.3. The van der Waals surface area contributed by atoms with E-state index in [0.717, 1.165) is 12.8 Å². The minimum Gasteiger partial charge on any atom is -0.346 e. The van der Waals surface area contributed by atoms with Crippen LogP contribution in [0.15, 0.2) is 0 Å². The van der Waals surface area contributed by atoms with Crippen LogP contribution < -0.4 is 0 Å². The first kappa shape index (κ1) is 17.7. The summed E-state index contributed by atoms with van der Waals surface area (Å²) >= 11 is 0. The van der Waals surface area contributed by atoms with Gasteiger partial charge in [0.25, 0.3) is 0 Å². The lowest BCUT2D eigenvalue weighted by atomic mass is 10.0. The normalized spacial score (nSPS) is 29.4. The van der Waals surface area contributed by atoms with Crippen molar-refractivity contribution in [1.29, 1.82) is 0 Å². The zero-order valence-corrected chi connectivity index (χ0v) is 12.9. The van der Waals surface area contributed by atoms with Gasteiger partial charge in [0.2, 0.25) is 6.29 Å². The number of halogens is 2. The first-order valence-corrected chi connectivity index (χ1v) is 7.92. The minimum absolute atomic E-state index is 0.0568. The highest BCUT2D eigenvalue weighted by Crippen LogP contribution is 2.27. The van der Waals surface area contributed by atoms with Crippen molar-refractivity contribution in [3.05, 3.63) is 0 Å². The third-order valence-corrected chi connectivity index (χ3v) is 3.91. The summed E-state index contributed by atoms with van der Waals surface area (Å²) in [5.74, 6) is -0.299. The van der Waals surface area contributed by atoms with Crippen LogP contribution in [0.25, 0.3) is 0 Å². The second-order valence-corrected chi connectivity index (χ2v) is 5.98. The third-order valence-electron chi connectivity index (χ3n) is 3.91. The number of ether oxygens (including phenoxy) is 4. The first-order valence-electron chi connectivity index (χ1n) is 7.92. The molecule has 0 atom stereocenters. The summed E-state index contributed by atoms with van der Waals surface area (Å²) in [6.45, 7) is 2.76. The van der Waals surface area contributed by atoms with Gasteiger partial charge in [-0.1, -0.05) is 26.2 Å². The van der Waals surface area contributed by atoms with Gasteiger partial charge in [0.1, 0.15) is 0 Å². The Balaban J connectivity index is 1.65. The van der Waals surface area contributed by atoms with E-state index < -0.39 is 12.6 Å². The molecule has 0 aliphatic carbocycles. The van der Waals surface area contributed by atoms with Crippen LogP contribution in [0.5, 0.6) is 0 Å². The van der Waals surface area contributed by atoms with Gasteiger partial charge in [-0.2, -0.15) is 0 Å². The molecule has 128 valence electrons. The topological polar surface area (TPSA) is 54.0 Å². The average molecular weight is 322 g/mol. The Morgan fingerprint density at radius 1 is 1.05 bits per heavy atom. The Morgan fingerprint density at radius 2 is 1.68 bits per heavy atom. The molecule has 2 rings (SSSR count). The molecule has 0 bridgehead atoms. The van der Waals surface area contributed by atoms with Crippen LogP contribution in [0.2, 0.25) is 0 Å². The number of unbranched alkanes of at least 4 members (excludes halogenated alkanes) is 2. The van der Waals surface area contributed by atoms with Gasteiger partial charge >= 0.3 is 6.29 Å². The van der Waals surface area contributed by atoms with E-state index >= 15 is 0 Å². The van der Waals surface area contributed by atoms with Gasteiger partial charge in [-0.15, -0.1) is 8.78 Å². The molecular formula is C15H24F2O5. The Kier molecular flexibility index (Phi) is 6.67. The number of Topliss-reactive ketones (excluding diaryl/α,β-unsaturated/α-hetero) is 1. The molecule has 0 saturated carbocycles. The Hall–Kier alpha value is -0.630. The van der Waals surface area contributed by atoms with Crippen LogP contribution in [0.4, 0.5) is 8.78 Å². The van der Waals surface area contributed by atoms with Gasteiger partial charge < -0.3 is 9.47 Å². The summed E-state index contributed by atoms with van der Waals surface area (Å²) in [5.41, 5.74) is 0. The van der Waals surface area contributed by atoms with Gasteiger partial charge in [-0.05, 0) is 6.42 Å². The molecule has 2 fully saturated rings. The number of carbonyl (C=O) groups is 1. The molecule has 2 saturated heterocycles. The summed E-state index contributed by atoms with van der Waals surface area (Å²) in [6, 6.07) is 0. The lowest BCUT2D eigenvalue weighted by Gasteiger charge is -2.31. The second-order valence-electron chi connectivity index (χ2n) is 5.98. The van der Waals surface area contributed by atoms with Crippen LogP contribution >= 0.6 is 0 Å². The predicted octanol–water partition coefficient (Wildman–Crippen LogP) is 2.73. The maximum Gasteiger partial charge on any atom is 0.485 e. The van der Waals surface area contributed by atoms with Crippen LogP contribution in [-0.2, 0) is 23.7 Å². The first-order chi connectivity index (χ1) is 10.5. The quantitative estimate of drug-likeness (QED) is 0.675. The molecular weight excluding hydrogens is 298 g/mol.